The zero-order valence-electron chi connectivity index (χ0n) is 10.4. The van der Waals surface area contributed by atoms with Crippen molar-refractivity contribution >= 4 is 0 Å². The fraction of sp³-hybridized carbons (Fsp3) is 0.538. The first-order chi connectivity index (χ1) is 8.27. The summed E-state index contributed by atoms with van der Waals surface area (Å²) in [5.41, 5.74) is 0. The van der Waals surface area contributed by atoms with Crippen molar-refractivity contribution in [3.8, 4) is 17.2 Å². The summed E-state index contributed by atoms with van der Waals surface area (Å²) in [7, 11) is 4.11. The van der Waals surface area contributed by atoms with Crippen molar-refractivity contribution in [3.05, 3.63) is 18.2 Å². The van der Waals surface area contributed by atoms with Crippen molar-refractivity contribution in [2.24, 2.45) is 0 Å². The van der Waals surface area contributed by atoms with E-state index in [0.717, 1.165) is 30.2 Å². The van der Waals surface area contributed by atoms with E-state index in [0.29, 0.717) is 19.8 Å². The van der Waals surface area contributed by atoms with Gasteiger partial charge in [0.1, 0.15) is 13.2 Å². The average molecular weight is 237 g/mol. The number of benzene rings is 1. The van der Waals surface area contributed by atoms with Crippen molar-refractivity contribution in [1.82, 2.24) is 4.90 Å². The molecular weight excluding hydrogens is 218 g/mol. The van der Waals surface area contributed by atoms with E-state index in [9.17, 15) is 0 Å². The van der Waals surface area contributed by atoms with Gasteiger partial charge in [0.05, 0.1) is 6.61 Å². The second-order valence-corrected chi connectivity index (χ2v) is 4.29. The molecule has 0 saturated carbocycles. The maximum absolute atomic E-state index is 5.72. The molecule has 0 unspecified atom stereocenters. The van der Waals surface area contributed by atoms with Gasteiger partial charge >= 0.3 is 0 Å². The number of ether oxygens (including phenoxy) is 3. The molecule has 2 rings (SSSR count). The summed E-state index contributed by atoms with van der Waals surface area (Å²) < 4.78 is 16.8. The summed E-state index contributed by atoms with van der Waals surface area (Å²) in [6.45, 7) is 2.91. The van der Waals surface area contributed by atoms with Crippen LogP contribution in [0.25, 0.3) is 0 Å². The Labute approximate surface area is 102 Å². The molecule has 17 heavy (non-hydrogen) atoms. The number of rotatable bonds is 5. The Kier molecular flexibility index (Phi) is 4.09. The van der Waals surface area contributed by atoms with Gasteiger partial charge in [-0.15, -0.1) is 0 Å². The number of hydrogen-bond donors (Lipinski definition) is 0. The average Bonchev–Trinajstić information content (AvgIpc) is 2.34. The highest BCUT2D eigenvalue weighted by atomic mass is 16.6. The topological polar surface area (TPSA) is 30.9 Å². The molecule has 0 aromatic heterocycles. The third kappa shape index (κ3) is 3.27. The van der Waals surface area contributed by atoms with Gasteiger partial charge in [-0.3, -0.25) is 0 Å². The van der Waals surface area contributed by atoms with Crippen molar-refractivity contribution in [1.29, 1.82) is 0 Å². The van der Waals surface area contributed by atoms with Crippen molar-refractivity contribution < 1.29 is 14.2 Å². The Hall–Kier alpha value is -1.42. The lowest BCUT2D eigenvalue weighted by Crippen LogP contribution is -2.17. The minimum atomic E-state index is 0.588. The normalized spacial score (nSPS) is 13.8. The second kappa shape index (κ2) is 5.77. The van der Waals surface area contributed by atoms with Crippen LogP contribution < -0.4 is 14.2 Å². The SMILES string of the molecule is CN(C)CCCOc1cccc2c1OCCO2. The number of nitrogens with zero attached hydrogens (tertiary/aromatic N) is 1. The third-order valence-corrected chi connectivity index (χ3v) is 2.54. The fourth-order valence-corrected chi connectivity index (χ4v) is 1.72. The molecule has 0 N–H and O–H groups in total. The lowest BCUT2D eigenvalue weighted by atomic mass is 10.3. The maximum Gasteiger partial charge on any atom is 0.203 e. The summed E-state index contributed by atoms with van der Waals surface area (Å²) in [6.07, 6.45) is 0.998. The molecule has 1 aromatic rings. The lowest BCUT2D eigenvalue weighted by molar-refractivity contribution is 0.161. The largest absolute Gasteiger partial charge is 0.489 e. The first-order valence-corrected chi connectivity index (χ1v) is 5.93. The smallest absolute Gasteiger partial charge is 0.203 e. The molecule has 0 radical (unpaired) electrons. The van der Waals surface area contributed by atoms with Gasteiger partial charge in [0.15, 0.2) is 11.5 Å². The van der Waals surface area contributed by atoms with Gasteiger partial charge in [0.2, 0.25) is 5.75 Å². The first kappa shape index (κ1) is 12.0. The quantitative estimate of drug-likeness (QED) is 0.731. The standard InChI is InChI=1S/C13H19NO3/c1-14(2)7-4-8-15-11-5-3-6-12-13(11)17-10-9-16-12/h3,5-6H,4,7-10H2,1-2H3. The predicted molar refractivity (Wildman–Crippen MR) is 66.1 cm³/mol. The Bertz CT molecular complexity index is 366. The van der Waals surface area contributed by atoms with Gasteiger partial charge in [-0.25, -0.2) is 0 Å². The molecule has 1 aromatic carbocycles. The number of hydrogen-bond acceptors (Lipinski definition) is 4. The monoisotopic (exact) mass is 237 g/mol. The van der Waals surface area contributed by atoms with E-state index in [1.54, 1.807) is 0 Å². The Morgan fingerprint density at radius 2 is 2.06 bits per heavy atom. The Morgan fingerprint density at radius 1 is 1.24 bits per heavy atom. The molecule has 1 aliphatic rings. The molecule has 1 heterocycles. The highest BCUT2D eigenvalue weighted by Crippen LogP contribution is 2.38. The van der Waals surface area contributed by atoms with Gasteiger partial charge in [-0.2, -0.15) is 0 Å². The van der Waals surface area contributed by atoms with E-state index in [2.05, 4.69) is 19.0 Å². The Balaban J connectivity index is 1.92. The highest BCUT2D eigenvalue weighted by Gasteiger charge is 2.16. The summed E-state index contributed by atoms with van der Waals surface area (Å²) in [5, 5.41) is 0. The van der Waals surface area contributed by atoms with Crippen LogP contribution in [0.1, 0.15) is 6.42 Å². The van der Waals surface area contributed by atoms with E-state index in [1.807, 2.05) is 18.2 Å². The summed E-state index contributed by atoms with van der Waals surface area (Å²) >= 11 is 0. The first-order valence-electron chi connectivity index (χ1n) is 5.93. The molecule has 4 heteroatoms. The third-order valence-electron chi connectivity index (χ3n) is 2.54. The molecule has 4 nitrogen and oxygen atoms in total. The van der Waals surface area contributed by atoms with Crippen LogP contribution in [0, 0.1) is 0 Å². The molecule has 0 amide bonds. The van der Waals surface area contributed by atoms with Crippen LogP contribution >= 0.6 is 0 Å². The van der Waals surface area contributed by atoms with Crippen molar-refractivity contribution in [3.63, 3.8) is 0 Å². The van der Waals surface area contributed by atoms with E-state index in [-0.39, 0.29) is 0 Å². The van der Waals surface area contributed by atoms with Gasteiger partial charge in [-0.1, -0.05) is 6.07 Å². The van der Waals surface area contributed by atoms with Gasteiger partial charge in [-0.05, 0) is 32.6 Å². The second-order valence-electron chi connectivity index (χ2n) is 4.29. The molecule has 94 valence electrons. The Morgan fingerprint density at radius 3 is 2.88 bits per heavy atom. The van der Waals surface area contributed by atoms with Crippen molar-refractivity contribution in [2.45, 2.75) is 6.42 Å². The van der Waals surface area contributed by atoms with Crippen LogP contribution in [0.5, 0.6) is 17.2 Å². The van der Waals surface area contributed by atoms with Gasteiger partial charge in [0, 0.05) is 6.54 Å². The molecule has 0 saturated heterocycles. The van der Waals surface area contributed by atoms with Crippen molar-refractivity contribution in [2.75, 3.05) is 40.5 Å². The zero-order chi connectivity index (χ0) is 12.1. The molecule has 0 aliphatic carbocycles. The predicted octanol–water partition coefficient (Wildman–Crippen LogP) is 1.79. The van der Waals surface area contributed by atoms with E-state index in [4.69, 9.17) is 14.2 Å². The molecule has 1 aliphatic heterocycles. The number of fused-ring (bicyclic) bond motifs is 1. The zero-order valence-corrected chi connectivity index (χ0v) is 10.4. The van der Waals surface area contributed by atoms with Crippen LogP contribution in [-0.4, -0.2) is 45.4 Å². The summed E-state index contributed by atoms with van der Waals surface area (Å²) in [6, 6.07) is 5.75. The number of para-hydroxylation sites is 1. The molecule has 0 atom stereocenters. The highest BCUT2D eigenvalue weighted by molar-refractivity contribution is 5.51. The van der Waals surface area contributed by atoms with Gasteiger partial charge < -0.3 is 19.1 Å². The molecule has 0 fully saturated rings. The molecule has 0 bridgehead atoms. The van der Waals surface area contributed by atoms with Crippen LogP contribution in [-0.2, 0) is 0 Å². The minimum absolute atomic E-state index is 0.588. The maximum atomic E-state index is 5.72. The van der Waals surface area contributed by atoms with E-state index in [1.165, 1.54) is 0 Å². The van der Waals surface area contributed by atoms with Crippen LogP contribution in [0.2, 0.25) is 0 Å². The van der Waals surface area contributed by atoms with Crippen LogP contribution in [0.4, 0.5) is 0 Å². The van der Waals surface area contributed by atoms with Crippen LogP contribution in [0.15, 0.2) is 18.2 Å². The summed E-state index contributed by atoms with van der Waals surface area (Å²) in [4.78, 5) is 2.14. The van der Waals surface area contributed by atoms with Gasteiger partial charge in [0.25, 0.3) is 0 Å². The van der Waals surface area contributed by atoms with E-state index >= 15 is 0 Å². The molecular formula is C13H19NO3. The minimum Gasteiger partial charge on any atom is -0.489 e. The summed E-state index contributed by atoms with van der Waals surface area (Å²) in [5.74, 6) is 2.30. The molecule has 0 spiro atoms. The van der Waals surface area contributed by atoms with E-state index < -0.39 is 0 Å². The lowest BCUT2D eigenvalue weighted by Gasteiger charge is -2.21. The fourth-order valence-electron chi connectivity index (χ4n) is 1.72. The van der Waals surface area contributed by atoms with Crippen LogP contribution in [0.3, 0.4) is 0 Å².